The number of nitrogens with one attached hydrogen (secondary N) is 1. The van der Waals surface area contributed by atoms with E-state index in [0.717, 1.165) is 11.1 Å². The Balaban J connectivity index is 0.000000587. The molecule has 1 aliphatic rings. The topological polar surface area (TPSA) is 156 Å². The molecular weight excluding hydrogens is 559 g/mol. The SMILES string of the molecule is Cc1cc(-c2ccc(C(=O)N3CCOCC3)cc2)cnc1-n1c(CC(CN)=C(F)F)n[nH]c1=O.O=C(O)C(F)(F)F. The van der Waals surface area contributed by atoms with Crippen molar-refractivity contribution in [2.24, 2.45) is 5.73 Å². The molecule has 0 aliphatic carbocycles. The molecule has 11 nitrogen and oxygen atoms in total. The van der Waals surface area contributed by atoms with Crippen LogP contribution in [0.3, 0.4) is 0 Å². The number of aliphatic carboxylic acids is 1. The van der Waals surface area contributed by atoms with Crippen LogP contribution in [0.1, 0.15) is 21.7 Å². The number of carboxylic acids is 1. The number of pyridine rings is 1. The third kappa shape index (κ3) is 7.82. The summed E-state index contributed by atoms with van der Waals surface area (Å²) in [6.45, 7) is 3.63. The first-order valence-corrected chi connectivity index (χ1v) is 12.0. The Labute approximate surface area is 229 Å². The van der Waals surface area contributed by atoms with Crippen molar-refractivity contribution in [2.45, 2.75) is 19.5 Å². The number of amides is 1. The van der Waals surface area contributed by atoms with Gasteiger partial charge in [-0.15, -0.1) is 0 Å². The van der Waals surface area contributed by atoms with Gasteiger partial charge >= 0.3 is 17.8 Å². The zero-order valence-electron chi connectivity index (χ0n) is 21.5. The molecule has 1 aromatic carbocycles. The Morgan fingerprint density at radius 2 is 1.73 bits per heavy atom. The zero-order chi connectivity index (χ0) is 30.3. The van der Waals surface area contributed by atoms with E-state index in [9.17, 15) is 31.5 Å². The van der Waals surface area contributed by atoms with Crippen LogP contribution in [-0.2, 0) is 16.0 Å². The zero-order valence-corrected chi connectivity index (χ0v) is 21.5. The van der Waals surface area contributed by atoms with E-state index in [1.807, 2.05) is 18.2 Å². The van der Waals surface area contributed by atoms with E-state index in [-0.39, 0.29) is 36.1 Å². The smallest absolute Gasteiger partial charge is 0.475 e. The standard InChI is InChI=1S/C23H24F2N6O3.C2HF3O2/c1-14-10-18(15-2-4-16(5-3-15)22(32)30-6-8-34-9-7-30)13-27-21(14)31-19(28-29-23(31)33)11-17(12-26)20(24)25;3-2(4,5)1(6)7/h2-5,10,13H,6-9,11-12,26H2,1H3,(H,29,33);(H,6,7). The highest BCUT2D eigenvalue weighted by Crippen LogP contribution is 2.24. The lowest BCUT2D eigenvalue weighted by molar-refractivity contribution is -0.192. The van der Waals surface area contributed by atoms with Gasteiger partial charge in [0.1, 0.15) is 11.6 Å². The largest absolute Gasteiger partial charge is 0.490 e. The first-order valence-electron chi connectivity index (χ1n) is 12.0. The van der Waals surface area contributed by atoms with Gasteiger partial charge in [-0.1, -0.05) is 12.1 Å². The fourth-order valence-electron chi connectivity index (χ4n) is 3.79. The maximum atomic E-state index is 13.1. The number of nitrogens with two attached hydrogens (primary N) is 1. The summed E-state index contributed by atoms with van der Waals surface area (Å²) in [5.74, 6) is -2.42. The molecule has 4 rings (SSSR count). The summed E-state index contributed by atoms with van der Waals surface area (Å²) < 4.78 is 64.3. The molecule has 1 fully saturated rings. The average Bonchev–Trinajstić information content (AvgIpc) is 3.30. The number of morpholine rings is 1. The van der Waals surface area contributed by atoms with E-state index in [1.54, 1.807) is 30.2 Å². The van der Waals surface area contributed by atoms with E-state index >= 15 is 0 Å². The summed E-state index contributed by atoms with van der Waals surface area (Å²) in [4.78, 5) is 40.1. The number of rotatable bonds is 6. The lowest BCUT2D eigenvalue weighted by atomic mass is 10.0. The van der Waals surface area contributed by atoms with Crippen molar-refractivity contribution in [3.8, 4) is 16.9 Å². The summed E-state index contributed by atoms with van der Waals surface area (Å²) in [7, 11) is 0. The van der Waals surface area contributed by atoms with Crippen molar-refractivity contribution >= 4 is 11.9 Å². The summed E-state index contributed by atoms with van der Waals surface area (Å²) in [5, 5.41) is 13.3. The Morgan fingerprint density at radius 1 is 1.12 bits per heavy atom. The van der Waals surface area contributed by atoms with Gasteiger partial charge in [0.05, 0.1) is 13.2 Å². The molecule has 16 heteroatoms. The fourth-order valence-corrected chi connectivity index (χ4v) is 3.79. The number of aromatic amines is 1. The van der Waals surface area contributed by atoms with E-state index in [4.69, 9.17) is 20.4 Å². The Hall–Kier alpha value is -4.44. The maximum absolute atomic E-state index is 13.1. The van der Waals surface area contributed by atoms with Crippen LogP contribution in [-0.4, -0.2) is 80.7 Å². The van der Waals surface area contributed by atoms with Crippen LogP contribution < -0.4 is 11.4 Å². The maximum Gasteiger partial charge on any atom is 0.490 e. The number of ether oxygens (including phenoxy) is 1. The molecule has 0 radical (unpaired) electrons. The first kappa shape index (κ1) is 31.1. The predicted molar refractivity (Wildman–Crippen MR) is 135 cm³/mol. The van der Waals surface area contributed by atoms with Crippen LogP contribution in [0.5, 0.6) is 0 Å². The minimum absolute atomic E-state index is 0.0398. The molecule has 1 saturated heterocycles. The van der Waals surface area contributed by atoms with Crippen molar-refractivity contribution in [2.75, 3.05) is 32.8 Å². The van der Waals surface area contributed by atoms with Gasteiger partial charge < -0.3 is 20.5 Å². The summed E-state index contributed by atoms with van der Waals surface area (Å²) in [6.07, 6.45) is -5.67. The second-order valence-corrected chi connectivity index (χ2v) is 8.67. The minimum Gasteiger partial charge on any atom is -0.475 e. The van der Waals surface area contributed by atoms with Gasteiger partial charge in [0.15, 0.2) is 0 Å². The number of aromatic nitrogens is 4. The van der Waals surface area contributed by atoms with Gasteiger partial charge in [-0.3, -0.25) is 4.79 Å². The van der Waals surface area contributed by atoms with Gasteiger partial charge in [-0.2, -0.15) is 27.1 Å². The number of aryl methyl sites for hydroxylation is 1. The van der Waals surface area contributed by atoms with Crippen molar-refractivity contribution in [3.63, 3.8) is 0 Å². The fraction of sp³-hybridized carbons (Fsp3) is 0.320. The van der Waals surface area contributed by atoms with Crippen molar-refractivity contribution in [3.05, 3.63) is 75.6 Å². The van der Waals surface area contributed by atoms with E-state index in [1.165, 1.54) is 4.57 Å². The molecule has 4 N–H and O–H groups in total. The lowest BCUT2D eigenvalue weighted by Crippen LogP contribution is -2.40. The molecule has 0 atom stereocenters. The van der Waals surface area contributed by atoms with Crippen LogP contribution in [0.25, 0.3) is 16.9 Å². The number of alkyl halides is 3. The van der Waals surface area contributed by atoms with Gasteiger partial charge in [0, 0.05) is 49.0 Å². The second-order valence-electron chi connectivity index (χ2n) is 8.67. The third-order valence-corrected chi connectivity index (χ3v) is 5.90. The Bertz CT molecular complexity index is 1470. The molecule has 1 amide bonds. The number of hydrogen-bond acceptors (Lipinski definition) is 7. The van der Waals surface area contributed by atoms with Crippen LogP contribution in [0.15, 0.2) is 53.0 Å². The van der Waals surface area contributed by atoms with Crippen LogP contribution in [0.2, 0.25) is 0 Å². The van der Waals surface area contributed by atoms with Crippen molar-refractivity contribution in [1.29, 1.82) is 0 Å². The monoisotopic (exact) mass is 584 g/mol. The second kappa shape index (κ2) is 13.3. The molecule has 0 bridgehead atoms. The number of hydrogen-bond donors (Lipinski definition) is 3. The number of H-pyrrole nitrogens is 1. The summed E-state index contributed by atoms with van der Waals surface area (Å²) in [6, 6.07) is 9.03. The van der Waals surface area contributed by atoms with Crippen molar-refractivity contribution in [1.82, 2.24) is 24.6 Å². The van der Waals surface area contributed by atoms with Crippen LogP contribution in [0.4, 0.5) is 22.0 Å². The highest BCUT2D eigenvalue weighted by Gasteiger charge is 2.38. The first-order chi connectivity index (χ1) is 19.3. The molecule has 3 aromatic rings. The molecule has 2 aromatic heterocycles. The average molecular weight is 585 g/mol. The normalized spacial score (nSPS) is 13.3. The molecule has 0 unspecified atom stereocenters. The molecule has 1 aliphatic heterocycles. The van der Waals surface area contributed by atoms with Crippen LogP contribution in [0, 0.1) is 6.92 Å². The number of benzene rings is 1. The van der Waals surface area contributed by atoms with Crippen LogP contribution >= 0.6 is 0 Å². The predicted octanol–water partition coefficient (Wildman–Crippen LogP) is 2.69. The van der Waals surface area contributed by atoms with Crippen molar-refractivity contribution < 1.29 is 41.4 Å². The Kier molecular flexibility index (Phi) is 10.1. The quantitative estimate of drug-likeness (QED) is 0.374. The van der Waals surface area contributed by atoms with E-state index in [0.29, 0.717) is 37.4 Å². The highest BCUT2D eigenvalue weighted by atomic mass is 19.4. The number of carbonyl (C=O) groups excluding carboxylic acids is 1. The van der Waals surface area contributed by atoms with E-state index < -0.39 is 23.9 Å². The van der Waals surface area contributed by atoms with Gasteiger partial charge in [-0.05, 0) is 36.2 Å². The summed E-state index contributed by atoms with van der Waals surface area (Å²) >= 11 is 0. The third-order valence-electron chi connectivity index (χ3n) is 5.90. The number of carbonyl (C=O) groups is 2. The molecular formula is C25H25F5N6O5. The van der Waals surface area contributed by atoms with Gasteiger partial charge in [-0.25, -0.2) is 24.2 Å². The molecule has 0 spiro atoms. The highest BCUT2D eigenvalue weighted by molar-refractivity contribution is 5.94. The molecule has 220 valence electrons. The van der Waals surface area contributed by atoms with Gasteiger partial charge in [0.2, 0.25) is 0 Å². The summed E-state index contributed by atoms with van der Waals surface area (Å²) in [5.41, 5.74) is 7.36. The Morgan fingerprint density at radius 3 is 2.24 bits per heavy atom. The van der Waals surface area contributed by atoms with Gasteiger partial charge in [0.25, 0.3) is 12.0 Å². The van der Waals surface area contributed by atoms with E-state index in [2.05, 4.69) is 15.2 Å². The lowest BCUT2D eigenvalue weighted by Gasteiger charge is -2.26. The number of carboxylic acid groups (broad SMARTS) is 1. The minimum atomic E-state index is -5.08. The molecule has 0 saturated carbocycles. The number of nitrogens with zero attached hydrogens (tertiary/aromatic N) is 4. The molecule has 41 heavy (non-hydrogen) atoms. The number of halogens is 5. The molecule has 3 heterocycles.